The third kappa shape index (κ3) is 1.48. The molecule has 0 atom stereocenters. The molecule has 0 unspecified atom stereocenters. The zero-order valence-corrected chi connectivity index (χ0v) is 8.08. The van der Waals surface area contributed by atoms with Crippen molar-refractivity contribution in [2.75, 3.05) is 0 Å². The van der Waals surface area contributed by atoms with Crippen LogP contribution < -0.4 is 0 Å². The summed E-state index contributed by atoms with van der Waals surface area (Å²) in [6, 6.07) is 5.33. The molecule has 5 nitrogen and oxygen atoms in total. The monoisotopic (exact) mass is 203 g/mol. The van der Waals surface area contributed by atoms with Gasteiger partial charge in [0.25, 0.3) is 0 Å². The van der Waals surface area contributed by atoms with Gasteiger partial charge in [-0.15, -0.1) is 0 Å². The highest BCUT2D eigenvalue weighted by Crippen LogP contribution is 2.21. The average Bonchev–Trinajstić information content (AvgIpc) is 2.57. The van der Waals surface area contributed by atoms with Crippen molar-refractivity contribution in [2.24, 2.45) is 0 Å². The lowest BCUT2D eigenvalue weighted by molar-refractivity contribution is 0.111. The smallest absolute Gasteiger partial charge is 0.174 e. The molecule has 15 heavy (non-hydrogen) atoms. The first-order chi connectivity index (χ1) is 7.24. The van der Waals surface area contributed by atoms with E-state index in [4.69, 9.17) is 0 Å². The molecule has 2 rings (SSSR count). The number of aldehydes is 1. The highest BCUT2D eigenvalue weighted by Gasteiger charge is 2.14. The molecule has 2 heterocycles. The summed E-state index contributed by atoms with van der Waals surface area (Å²) in [4.78, 5) is 14.6. The molecule has 0 fully saturated rings. The van der Waals surface area contributed by atoms with Gasteiger partial charge in [-0.2, -0.15) is 5.10 Å². The number of hydrogen-bond acceptors (Lipinski definition) is 4. The quantitative estimate of drug-likeness (QED) is 0.742. The molecule has 0 saturated heterocycles. The first-order valence-electron chi connectivity index (χ1n) is 4.39. The number of pyridine rings is 1. The van der Waals surface area contributed by atoms with Crippen molar-refractivity contribution < 1.29 is 9.90 Å². The summed E-state index contributed by atoms with van der Waals surface area (Å²) in [5.41, 5.74) is 0.522. The molecule has 2 aromatic heterocycles. The summed E-state index contributed by atoms with van der Waals surface area (Å²) in [5.74, 6) is 0.467. The van der Waals surface area contributed by atoms with E-state index < -0.39 is 0 Å². The minimum Gasteiger partial charge on any atom is -0.504 e. The number of rotatable bonds is 2. The number of carbonyl (C=O) groups excluding carboxylic acids is 1. The van der Waals surface area contributed by atoms with Crippen LogP contribution in [0.1, 0.15) is 16.2 Å². The van der Waals surface area contributed by atoms with E-state index in [-0.39, 0.29) is 11.4 Å². The largest absolute Gasteiger partial charge is 0.504 e. The highest BCUT2D eigenvalue weighted by molar-refractivity contribution is 5.76. The molecule has 2 aromatic rings. The van der Waals surface area contributed by atoms with Gasteiger partial charge in [0.2, 0.25) is 0 Å². The van der Waals surface area contributed by atoms with Crippen molar-refractivity contribution in [1.29, 1.82) is 0 Å². The average molecular weight is 203 g/mol. The molecule has 0 aliphatic heterocycles. The van der Waals surface area contributed by atoms with Crippen LogP contribution in [-0.2, 0) is 0 Å². The van der Waals surface area contributed by atoms with E-state index in [0.29, 0.717) is 17.8 Å². The maximum absolute atomic E-state index is 10.6. The van der Waals surface area contributed by atoms with E-state index in [9.17, 15) is 9.90 Å². The van der Waals surface area contributed by atoms with Crippen LogP contribution in [0.5, 0.6) is 5.75 Å². The van der Waals surface area contributed by atoms with Crippen LogP contribution in [0.2, 0.25) is 0 Å². The Labute approximate surface area is 86.0 Å². The molecule has 0 radical (unpaired) electrons. The summed E-state index contributed by atoms with van der Waals surface area (Å²) in [6.07, 6.45) is 2.13. The number of carbonyl (C=O) groups is 1. The fraction of sp³-hybridized carbons (Fsp3) is 0.100. The van der Waals surface area contributed by atoms with Crippen molar-refractivity contribution >= 4 is 6.29 Å². The molecular weight excluding hydrogens is 194 g/mol. The summed E-state index contributed by atoms with van der Waals surface area (Å²) in [7, 11) is 0. The van der Waals surface area contributed by atoms with Crippen molar-refractivity contribution in [3.05, 3.63) is 35.8 Å². The minimum absolute atomic E-state index is 0.0261. The van der Waals surface area contributed by atoms with Crippen molar-refractivity contribution in [3.8, 4) is 11.6 Å². The molecule has 0 spiro atoms. The molecule has 0 aliphatic carbocycles. The summed E-state index contributed by atoms with van der Waals surface area (Å²) in [6.45, 7) is 1.67. The predicted molar refractivity (Wildman–Crippen MR) is 53.1 cm³/mol. The maximum Gasteiger partial charge on any atom is 0.174 e. The normalized spacial score (nSPS) is 10.2. The van der Waals surface area contributed by atoms with Crippen LogP contribution in [-0.4, -0.2) is 26.2 Å². The zero-order chi connectivity index (χ0) is 10.8. The van der Waals surface area contributed by atoms with Crippen molar-refractivity contribution in [2.45, 2.75) is 6.92 Å². The maximum atomic E-state index is 10.6. The van der Waals surface area contributed by atoms with Gasteiger partial charge in [-0.3, -0.25) is 4.79 Å². The van der Waals surface area contributed by atoms with Gasteiger partial charge in [0, 0.05) is 6.20 Å². The highest BCUT2D eigenvalue weighted by atomic mass is 16.3. The van der Waals surface area contributed by atoms with Gasteiger partial charge in [-0.1, -0.05) is 6.07 Å². The first kappa shape index (κ1) is 9.39. The molecule has 76 valence electrons. The Hall–Kier alpha value is -2.17. The van der Waals surface area contributed by atoms with E-state index in [2.05, 4.69) is 10.1 Å². The van der Waals surface area contributed by atoms with E-state index in [0.717, 1.165) is 0 Å². The standard InChI is InChI=1S/C10H9N3O2/c1-7-10(15)8(6-14)12-13(7)9-4-2-3-5-11-9/h2-6,15H,1H3. The number of aromatic hydroxyl groups is 1. The van der Waals surface area contributed by atoms with Gasteiger partial charge in [0.05, 0.1) is 5.69 Å². The number of nitrogens with zero attached hydrogens (tertiary/aromatic N) is 3. The third-order valence-corrected chi connectivity index (χ3v) is 2.09. The van der Waals surface area contributed by atoms with Crippen LogP contribution in [0.3, 0.4) is 0 Å². The topological polar surface area (TPSA) is 68.0 Å². The summed E-state index contributed by atoms with van der Waals surface area (Å²) >= 11 is 0. The van der Waals surface area contributed by atoms with Crippen molar-refractivity contribution in [3.63, 3.8) is 0 Å². The Kier molecular flexibility index (Phi) is 2.21. The Morgan fingerprint density at radius 3 is 2.80 bits per heavy atom. The second kappa shape index (κ2) is 3.53. The molecule has 0 aromatic carbocycles. The van der Waals surface area contributed by atoms with Gasteiger partial charge < -0.3 is 5.11 Å². The molecule has 0 bridgehead atoms. The Bertz CT molecular complexity index is 491. The Morgan fingerprint density at radius 1 is 1.47 bits per heavy atom. The molecule has 1 N–H and O–H groups in total. The fourth-order valence-corrected chi connectivity index (χ4v) is 1.30. The Balaban J connectivity index is 2.59. The first-order valence-corrected chi connectivity index (χ1v) is 4.39. The second-order valence-corrected chi connectivity index (χ2v) is 3.04. The third-order valence-electron chi connectivity index (χ3n) is 2.09. The Morgan fingerprint density at radius 2 is 2.27 bits per heavy atom. The van der Waals surface area contributed by atoms with E-state index in [1.165, 1.54) is 4.68 Å². The van der Waals surface area contributed by atoms with Crippen LogP contribution in [0.25, 0.3) is 5.82 Å². The van der Waals surface area contributed by atoms with Gasteiger partial charge in [0.15, 0.2) is 23.5 Å². The van der Waals surface area contributed by atoms with Crippen LogP contribution >= 0.6 is 0 Å². The van der Waals surface area contributed by atoms with E-state index in [1.807, 2.05) is 0 Å². The predicted octanol–water partition coefficient (Wildman–Crippen LogP) is 1.09. The summed E-state index contributed by atoms with van der Waals surface area (Å²) in [5, 5.41) is 13.5. The van der Waals surface area contributed by atoms with Crippen LogP contribution in [0, 0.1) is 6.92 Å². The van der Waals surface area contributed by atoms with Gasteiger partial charge in [-0.05, 0) is 19.1 Å². The lowest BCUT2D eigenvalue weighted by atomic mass is 10.3. The molecule has 0 saturated carbocycles. The van der Waals surface area contributed by atoms with Gasteiger partial charge in [0.1, 0.15) is 0 Å². The van der Waals surface area contributed by atoms with Crippen LogP contribution in [0.15, 0.2) is 24.4 Å². The second-order valence-electron chi connectivity index (χ2n) is 3.04. The van der Waals surface area contributed by atoms with Gasteiger partial charge in [-0.25, -0.2) is 9.67 Å². The van der Waals surface area contributed by atoms with Crippen molar-refractivity contribution in [1.82, 2.24) is 14.8 Å². The summed E-state index contributed by atoms with van der Waals surface area (Å²) < 4.78 is 1.43. The van der Waals surface area contributed by atoms with Crippen LogP contribution in [0.4, 0.5) is 0 Å². The molecule has 0 amide bonds. The SMILES string of the molecule is Cc1c(O)c(C=O)nn1-c1ccccn1. The molecular formula is C10H9N3O2. The lowest BCUT2D eigenvalue weighted by Crippen LogP contribution is -2.01. The number of aromatic nitrogens is 3. The minimum atomic E-state index is -0.101. The van der Waals surface area contributed by atoms with E-state index >= 15 is 0 Å². The van der Waals surface area contributed by atoms with E-state index in [1.54, 1.807) is 31.3 Å². The zero-order valence-electron chi connectivity index (χ0n) is 8.08. The fourth-order valence-electron chi connectivity index (χ4n) is 1.30. The molecule has 0 aliphatic rings. The lowest BCUT2D eigenvalue weighted by Gasteiger charge is -2.01. The van der Waals surface area contributed by atoms with Gasteiger partial charge >= 0.3 is 0 Å². The number of hydrogen-bond donors (Lipinski definition) is 1. The molecule has 5 heteroatoms.